The Hall–Kier alpha value is 0. The molecule has 2 unspecified atom stereocenters. The van der Waals surface area contributed by atoms with Gasteiger partial charge >= 0.3 is 0 Å². The summed E-state index contributed by atoms with van der Waals surface area (Å²) >= 11 is 0. The molecule has 4 atom stereocenters. The van der Waals surface area contributed by atoms with Crippen molar-refractivity contribution in [3.05, 3.63) is 0 Å². The molecule has 2 saturated carbocycles. The molecule has 0 aromatic heterocycles. The van der Waals surface area contributed by atoms with Crippen LogP contribution < -0.4 is 0 Å². The molecule has 0 heteroatoms. The van der Waals surface area contributed by atoms with Crippen LogP contribution >= 0.6 is 0 Å². The molecular formula is C14H26. The van der Waals surface area contributed by atoms with E-state index in [0.29, 0.717) is 5.41 Å². The molecule has 2 rings (SSSR count). The van der Waals surface area contributed by atoms with Crippen molar-refractivity contribution >= 4 is 0 Å². The van der Waals surface area contributed by atoms with E-state index in [-0.39, 0.29) is 0 Å². The van der Waals surface area contributed by atoms with Gasteiger partial charge in [-0.3, -0.25) is 0 Å². The Morgan fingerprint density at radius 3 is 2.21 bits per heavy atom. The first-order valence-electron chi connectivity index (χ1n) is 6.50. The Balaban J connectivity index is 2.03. The van der Waals surface area contributed by atoms with E-state index in [2.05, 4.69) is 27.7 Å². The third-order valence-corrected chi connectivity index (χ3v) is 5.10. The summed E-state index contributed by atoms with van der Waals surface area (Å²) in [6.45, 7) is 9.89. The van der Waals surface area contributed by atoms with Crippen molar-refractivity contribution in [3.8, 4) is 0 Å². The normalized spacial score (nSPS) is 47.1. The van der Waals surface area contributed by atoms with Crippen molar-refractivity contribution in [1.29, 1.82) is 0 Å². The van der Waals surface area contributed by atoms with Gasteiger partial charge in [0.25, 0.3) is 0 Å². The zero-order chi connectivity index (χ0) is 10.3. The van der Waals surface area contributed by atoms with Gasteiger partial charge in [-0.25, -0.2) is 0 Å². The van der Waals surface area contributed by atoms with Crippen molar-refractivity contribution in [2.75, 3.05) is 0 Å². The van der Waals surface area contributed by atoms with Crippen LogP contribution in [0.2, 0.25) is 0 Å². The smallest absolute Gasteiger partial charge is 0.0320 e. The van der Waals surface area contributed by atoms with Crippen LogP contribution in [0.5, 0.6) is 0 Å². The molecule has 14 heavy (non-hydrogen) atoms. The van der Waals surface area contributed by atoms with Gasteiger partial charge in [-0.15, -0.1) is 0 Å². The molecule has 2 aliphatic carbocycles. The number of hydrogen-bond donors (Lipinski definition) is 0. The van der Waals surface area contributed by atoms with Crippen LogP contribution in [0.25, 0.3) is 0 Å². The largest absolute Gasteiger partial charge is 0.0625 e. The second-order valence-corrected chi connectivity index (χ2v) is 6.70. The minimum atomic E-state index is 0.663. The van der Waals surface area contributed by atoms with E-state index in [0.717, 1.165) is 23.7 Å². The molecule has 0 radical (unpaired) electrons. The highest BCUT2D eigenvalue weighted by Crippen LogP contribution is 2.57. The van der Waals surface area contributed by atoms with Gasteiger partial charge in [0, 0.05) is 0 Å². The molecule has 82 valence electrons. The summed E-state index contributed by atoms with van der Waals surface area (Å²) in [6, 6.07) is 0. The van der Waals surface area contributed by atoms with Crippen LogP contribution in [0.1, 0.15) is 59.8 Å². The van der Waals surface area contributed by atoms with Gasteiger partial charge < -0.3 is 0 Å². The van der Waals surface area contributed by atoms with E-state index in [1.165, 1.54) is 32.1 Å². The fraction of sp³-hybridized carbons (Fsp3) is 1.00. The first kappa shape index (κ1) is 10.5. The summed E-state index contributed by atoms with van der Waals surface area (Å²) in [5, 5.41) is 0. The van der Waals surface area contributed by atoms with Gasteiger partial charge in [-0.1, -0.05) is 47.0 Å². The van der Waals surface area contributed by atoms with Crippen molar-refractivity contribution in [1.82, 2.24) is 0 Å². The third-order valence-electron chi connectivity index (χ3n) is 5.10. The summed E-state index contributed by atoms with van der Waals surface area (Å²) in [5.41, 5.74) is 0.663. The highest BCUT2D eigenvalue weighted by Gasteiger charge is 2.48. The predicted octanol–water partition coefficient (Wildman–Crippen LogP) is 4.49. The summed E-state index contributed by atoms with van der Waals surface area (Å²) in [6.07, 6.45) is 7.44. The summed E-state index contributed by atoms with van der Waals surface area (Å²) < 4.78 is 0. The van der Waals surface area contributed by atoms with Crippen LogP contribution in [0, 0.1) is 29.1 Å². The summed E-state index contributed by atoms with van der Waals surface area (Å²) in [7, 11) is 0. The summed E-state index contributed by atoms with van der Waals surface area (Å²) in [5.74, 6) is 4.09. The second kappa shape index (κ2) is 3.54. The van der Waals surface area contributed by atoms with Crippen molar-refractivity contribution in [3.63, 3.8) is 0 Å². The minimum Gasteiger partial charge on any atom is -0.0625 e. The Bertz CT molecular complexity index is 204. The first-order chi connectivity index (χ1) is 6.50. The Kier molecular flexibility index (Phi) is 2.66. The van der Waals surface area contributed by atoms with E-state index in [1.807, 2.05) is 0 Å². The molecule has 0 saturated heterocycles. The Morgan fingerprint density at radius 1 is 0.929 bits per heavy atom. The van der Waals surface area contributed by atoms with Crippen molar-refractivity contribution in [2.24, 2.45) is 29.1 Å². The SMILES string of the molecule is CC1CCC(C)[C@H]2CC(C)(C)[C@@H]2CC1. The fourth-order valence-corrected chi connectivity index (χ4v) is 3.89. The van der Waals surface area contributed by atoms with Crippen LogP contribution in [0.4, 0.5) is 0 Å². The monoisotopic (exact) mass is 194 g/mol. The van der Waals surface area contributed by atoms with E-state index in [1.54, 1.807) is 0 Å². The summed E-state index contributed by atoms with van der Waals surface area (Å²) in [4.78, 5) is 0. The molecule has 0 heterocycles. The number of fused-ring (bicyclic) bond motifs is 1. The molecule has 0 bridgehead atoms. The lowest BCUT2D eigenvalue weighted by molar-refractivity contribution is -0.0602. The Labute approximate surface area is 89.5 Å². The lowest BCUT2D eigenvalue weighted by Crippen LogP contribution is -2.47. The molecule has 0 aromatic carbocycles. The predicted molar refractivity (Wildman–Crippen MR) is 62.2 cm³/mol. The maximum atomic E-state index is 2.49. The molecule has 0 aliphatic heterocycles. The average Bonchev–Trinajstić information content (AvgIpc) is 2.09. The van der Waals surface area contributed by atoms with Gasteiger partial charge in [0.1, 0.15) is 0 Å². The molecule has 0 aromatic rings. The maximum absolute atomic E-state index is 2.49. The first-order valence-corrected chi connectivity index (χ1v) is 6.50. The molecule has 0 amide bonds. The van der Waals surface area contributed by atoms with E-state index in [9.17, 15) is 0 Å². The van der Waals surface area contributed by atoms with Gasteiger partial charge in [-0.05, 0) is 41.9 Å². The molecule has 2 aliphatic rings. The van der Waals surface area contributed by atoms with Gasteiger partial charge in [-0.2, -0.15) is 0 Å². The lowest BCUT2D eigenvalue weighted by Gasteiger charge is -2.55. The zero-order valence-electron chi connectivity index (χ0n) is 10.3. The number of rotatable bonds is 0. The minimum absolute atomic E-state index is 0.663. The zero-order valence-corrected chi connectivity index (χ0v) is 10.3. The van der Waals surface area contributed by atoms with Gasteiger partial charge in [0.05, 0.1) is 0 Å². The van der Waals surface area contributed by atoms with E-state index >= 15 is 0 Å². The maximum Gasteiger partial charge on any atom is -0.0320 e. The van der Waals surface area contributed by atoms with E-state index < -0.39 is 0 Å². The lowest BCUT2D eigenvalue weighted by atomic mass is 9.50. The second-order valence-electron chi connectivity index (χ2n) is 6.70. The standard InChI is InChI=1S/C14H26/c1-10-5-7-11(2)12-9-14(3,4)13(12)8-6-10/h10-13H,5-9H2,1-4H3/t10?,11?,12-,13-/m1/s1. The van der Waals surface area contributed by atoms with Crippen molar-refractivity contribution < 1.29 is 0 Å². The fourth-order valence-electron chi connectivity index (χ4n) is 3.89. The van der Waals surface area contributed by atoms with Crippen molar-refractivity contribution in [2.45, 2.75) is 59.8 Å². The topological polar surface area (TPSA) is 0 Å². The highest BCUT2D eigenvalue weighted by atomic mass is 14.5. The van der Waals surface area contributed by atoms with Crippen LogP contribution in [-0.4, -0.2) is 0 Å². The molecule has 0 nitrogen and oxygen atoms in total. The van der Waals surface area contributed by atoms with Crippen LogP contribution in [0.3, 0.4) is 0 Å². The molecular weight excluding hydrogens is 168 g/mol. The van der Waals surface area contributed by atoms with E-state index in [4.69, 9.17) is 0 Å². The molecule has 0 spiro atoms. The molecule has 2 fully saturated rings. The molecule has 0 N–H and O–H groups in total. The average molecular weight is 194 g/mol. The highest BCUT2D eigenvalue weighted by molar-refractivity contribution is 4.98. The van der Waals surface area contributed by atoms with Crippen LogP contribution in [-0.2, 0) is 0 Å². The van der Waals surface area contributed by atoms with Gasteiger partial charge in [0.15, 0.2) is 0 Å². The third kappa shape index (κ3) is 1.73. The Morgan fingerprint density at radius 2 is 1.57 bits per heavy atom. The quantitative estimate of drug-likeness (QED) is 0.533. The number of hydrogen-bond acceptors (Lipinski definition) is 0. The van der Waals surface area contributed by atoms with Gasteiger partial charge in [0.2, 0.25) is 0 Å². The van der Waals surface area contributed by atoms with Crippen LogP contribution in [0.15, 0.2) is 0 Å².